The fraction of sp³-hybridized carbons (Fsp3) is 0.500. The molecule has 42 heavy (non-hydrogen) atoms. The Bertz CT molecular complexity index is 1530. The van der Waals surface area contributed by atoms with E-state index in [0.717, 1.165) is 14.0 Å². The quantitative estimate of drug-likeness (QED) is 0.379. The Labute approximate surface area is 253 Å². The van der Waals surface area contributed by atoms with E-state index in [-0.39, 0.29) is 39.3 Å². The van der Waals surface area contributed by atoms with Crippen molar-refractivity contribution in [2.24, 2.45) is 0 Å². The molecule has 2 aliphatic rings. The van der Waals surface area contributed by atoms with Gasteiger partial charge < -0.3 is 24.5 Å². The Balaban J connectivity index is 1.61. The highest BCUT2D eigenvalue weighted by Gasteiger charge is 2.57. The number of benzene rings is 1. The summed E-state index contributed by atoms with van der Waals surface area (Å²) in [4.78, 5) is 41.1. The second-order valence-corrected chi connectivity index (χ2v) is 12.8. The first-order valence-electron chi connectivity index (χ1n) is 13.4. The number of H-pyrrole nitrogens is 1. The van der Waals surface area contributed by atoms with Crippen molar-refractivity contribution in [2.75, 3.05) is 26.3 Å². The maximum atomic E-state index is 13.5. The standard InChI is InChI=1S/C28H31F3IN5O5/c1-26(2,3)42-25(39)37-7-8-41-14-21(37)17-10-16(20-12-34-23-22(35-20)19(32)11-33-23)9-15-5-6-36(13-18(15)17)24(38)27(4,40)28(29,30)31/h9-12,21,40H,5-8,13-14H2,1-4H3,(H,33,34). The number of halogens is 4. The van der Waals surface area contributed by atoms with Crippen LogP contribution in [0.15, 0.2) is 24.5 Å². The number of rotatable bonds is 3. The lowest BCUT2D eigenvalue weighted by molar-refractivity contribution is -0.250. The molecule has 10 nitrogen and oxygen atoms in total. The smallest absolute Gasteiger partial charge is 0.426 e. The van der Waals surface area contributed by atoms with Crippen molar-refractivity contribution in [2.45, 2.75) is 64.1 Å². The molecule has 0 saturated carbocycles. The summed E-state index contributed by atoms with van der Waals surface area (Å²) >= 11 is 2.16. The summed E-state index contributed by atoms with van der Waals surface area (Å²) in [5, 5.41) is 10.1. The average Bonchev–Trinajstić information content (AvgIpc) is 3.30. The van der Waals surface area contributed by atoms with E-state index in [1.165, 1.54) is 0 Å². The molecule has 2 aromatic heterocycles. The predicted molar refractivity (Wildman–Crippen MR) is 154 cm³/mol. The third-order valence-corrected chi connectivity index (χ3v) is 8.20. The second-order valence-electron chi connectivity index (χ2n) is 11.6. The molecule has 4 heterocycles. The second kappa shape index (κ2) is 10.9. The van der Waals surface area contributed by atoms with Crippen LogP contribution in [0, 0.1) is 3.57 Å². The summed E-state index contributed by atoms with van der Waals surface area (Å²) in [6.07, 6.45) is -2.04. The number of aliphatic hydroxyl groups is 1. The third-order valence-electron chi connectivity index (χ3n) is 7.38. The Hall–Kier alpha value is -2.98. The topological polar surface area (TPSA) is 121 Å². The first-order chi connectivity index (χ1) is 19.6. The first kappa shape index (κ1) is 30.5. The molecule has 1 saturated heterocycles. The van der Waals surface area contributed by atoms with Crippen LogP contribution in [-0.2, 0) is 27.2 Å². The minimum Gasteiger partial charge on any atom is -0.444 e. The van der Waals surface area contributed by atoms with E-state index in [4.69, 9.17) is 14.5 Å². The molecular weight excluding hydrogens is 670 g/mol. The van der Waals surface area contributed by atoms with Gasteiger partial charge in [0.25, 0.3) is 5.91 Å². The van der Waals surface area contributed by atoms with E-state index in [1.807, 2.05) is 12.1 Å². The van der Waals surface area contributed by atoms with Gasteiger partial charge in [-0.05, 0) is 85.5 Å². The Morgan fingerprint density at radius 3 is 2.62 bits per heavy atom. The molecule has 2 aliphatic heterocycles. The van der Waals surface area contributed by atoms with Crippen LogP contribution < -0.4 is 0 Å². The van der Waals surface area contributed by atoms with E-state index in [0.29, 0.717) is 40.5 Å². The summed E-state index contributed by atoms with van der Waals surface area (Å²) in [6, 6.07) is 3.06. The summed E-state index contributed by atoms with van der Waals surface area (Å²) < 4.78 is 53.0. The molecule has 0 aliphatic carbocycles. The number of fused-ring (bicyclic) bond motifs is 2. The van der Waals surface area contributed by atoms with Gasteiger partial charge in [-0.25, -0.2) is 14.8 Å². The molecule has 2 amide bonds. The van der Waals surface area contributed by atoms with Gasteiger partial charge in [0, 0.05) is 31.4 Å². The van der Waals surface area contributed by atoms with Gasteiger partial charge in [-0.1, -0.05) is 0 Å². The van der Waals surface area contributed by atoms with Crippen LogP contribution >= 0.6 is 22.6 Å². The van der Waals surface area contributed by atoms with Gasteiger partial charge in [0.1, 0.15) is 11.1 Å². The normalized spacial score (nSPS) is 19.4. The molecule has 3 aromatic rings. The highest BCUT2D eigenvalue weighted by atomic mass is 127. The number of amides is 2. The molecule has 1 fully saturated rings. The number of carbonyl (C=O) groups excluding carboxylic acids is 2. The largest absolute Gasteiger partial charge is 0.444 e. The predicted octanol–water partition coefficient (Wildman–Crippen LogP) is 4.74. The van der Waals surface area contributed by atoms with Crippen molar-refractivity contribution in [3.63, 3.8) is 0 Å². The van der Waals surface area contributed by atoms with Crippen molar-refractivity contribution >= 4 is 45.8 Å². The number of ether oxygens (including phenoxy) is 2. The number of alkyl halides is 3. The first-order valence-corrected chi connectivity index (χ1v) is 14.5. The van der Waals surface area contributed by atoms with Crippen molar-refractivity contribution in [1.82, 2.24) is 24.8 Å². The number of morpholine rings is 1. The summed E-state index contributed by atoms with van der Waals surface area (Å²) in [5.41, 5.74) is 0.271. The van der Waals surface area contributed by atoms with Crippen LogP contribution in [-0.4, -0.2) is 85.5 Å². The molecule has 2 atom stereocenters. The van der Waals surface area contributed by atoms with Crippen molar-refractivity contribution in [3.8, 4) is 11.3 Å². The maximum Gasteiger partial charge on any atom is 0.426 e. The zero-order valence-electron chi connectivity index (χ0n) is 23.5. The molecule has 0 spiro atoms. The lowest BCUT2D eigenvalue weighted by Crippen LogP contribution is -2.57. The van der Waals surface area contributed by atoms with Gasteiger partial charge in [0.05, 0.1) is 34.7 Å². The number of hydrogen-bond acceptors (Lipinski definition) is 7. The molecular formula is C28H31F3IN5O5. The molecule has 2 unspecified atom stereocenters. The van der Waals surface area contributed by atoms with Crippen LogP contribution in [0.1, 0.15) is 50.4 Å². The highest BCUT2D eigenvalue weighted by Crippen LogP contribution is 2.38. The lowest BCUT2D eigenvalue weighted by atomic mass is 9.87. The van der Waals surface area contributed by atoms with Crippen molar-refractivity contribution < 1.29 is 37.3 Å². The fourth-order valence-electron chi connectivity index (χ4n) is 5.15. The SMILES string of the molecule is CC(C)(C)OC(=O)N1CCOCC1c1cc(-c2cnc3[nH]cc(I)c3n2)cc2c1CN(C(=O)C(C)(O)C(F)(F)F)CC2. The minimum absolute atomic E-state index is 0.0294. The number of hydrogen-bond donors (Lipinski definition) is 2. The Morgan fingerprint density at radius 2 is 1.93 bits per heavy atom. The number of nitrogens with zero attached hydrogens (tertiary/aromatic N) is 4. The van der Waals surface area contributed by atoms with E-state index in [9.17, 15) is 27.9 Å². The molecule has 0 radical (unpaired) electrons. The summed E-state index contributed by atoms with van der Waals surface area (Å²) in [5.74, 6) is -1.43. The van der Waals surface area contributed by atoms with Crippen molar-refractivity contribution in [1.29, 1.82) is 0 Å². The average molecular weight is 701 g/mol. The van der Waals surface area contributed by atoms with Crippen LogP contribution in [0.5, 0.6) is 0 Å². The van der Waals surface area contributed by atoms with Crippen molar-refractivity contribution in [3.05, 3.63) is 44.8 Å². The van der Waals surface area contributed by atoms with Crippen LogP contribution in [0.2, 0.25) is 0 Å². The highest BCUT2D eigenvalue weighted by molar-refractivity contribution is 14.1. The maximum absolute atomic E-state index is 13.5. The molecule has 0 bridgehead atoms. The van der Waals surface area contributed by atoms with Crippen LogP contribution in [0.3, 0.4) is 0 Å². The third kappa shape index (κ3) is 5.80. The zero-order valence-corrected chi connectivity index (χ0v) is 25.7. The monoisotopic (exact) mass is 701 g/mol. The Morgan fingerprint density at radius 1 is 1.19 bits per heavy atom. The van der Waals surface area contributed by atoms with E-state index < -0.39 is 35.4 Å². The van der Waals surface area contributed by atoms with Gasteiger partial charge in [0.15, 0.2) is 5.65 Å². The summed E-state index contributed by atoms with van der Waals surface area (Å²) in [6.45, 7) is 6.16. The van der Waals surface area contributed by atoms with E-state index >= 15 is 0 Å². The van der Waals surface area contributed by atoms with Gasteiger partial charge in [-0.2, -0.15) is 13.2 Å². The van der Waals surface area contributed by atoms with Gasteiger partial charge in [-0.3, -0.25) is 9.69 Å². The molecule has 14 heteroatoms. The van der Waals surface area contributed by atoms with Crippen LogP contribution in [0.4, 0.5) is 18.0 Å². The minimum atomic E-state index is -5.14. The molecule has 226 valence electrons. The lowest BCUT2D eigenvalue weighted by Gasteiger charge is -2.40. The number of nitrogens with one attached hydrogen (secondary N) is 1. The summed E-state index contributed by atoms with van der Waals surface area (Å²) in [7, 11) is 0. The van der Waals surface area contributed by atoms with Gasteiger partial charge >= 0.3 is 12.3 Å². The van der Waals surface area contributed by atoms with Crippen LogP contribution in [0.25, 0.3) is 22.4 Å². The molecule has 5 rings (SSSR count). The van der Waals surface area contributed by atoms with Gasteiger partial charge in [0.2, 0.25) is 5.60 Å². The number of aromatic amines is 1. The molecule has 2 N–H and O–H groups in total. The number of carbonyl (C=O) groups is 2. The Kier molecular flexibility index (Phi) is 7.94. The number of aromatic nitrogens is 3. The van der Waals surface area contributed by atoms with E-state index in [1.54, 1.807) is 38.1 Å². The molecule has 1 aromatic carbocycles. The van der Waals surface area contributed by atoms with Gasteiger partial charge in [-0.15, -0.1) is 0 Å². The van der Waals surface area contributed by atoms with E-state index in [2.05, 4.69) is 32.6 Å². The fourth-order valence-corrected chi connectivity index (χ4v) is 5.68. The zero-order chi connectivity index (χ0) is 30.6.